The second-order valence-electron chi connectivity index (χ2n) is 5.83. The van der Waals surface area contributed by atoms with Crippen molar-refractivity contribution in [3.63, 3.8) is 0 Å². The fourth-order valence-electron chi connectivity index (χ4n) is 2.93. The fraction of sp³-hybridized carbons (Fsp3) is 0.529. The zero-order valence-electron chi connectivity index (χ0n) is 12.7. The van der Waals surface area contributed by atoms with Gasteiger partial charge in [-0.05, 0) is 49.3 Å². The molecule has 0 saturated carbocycles. The molecule has 1 aromatic rings. The van der Waals surface area contributed by atoms with E-state index < -0.39 is 10.0 Å². The smallest absolute Gasteiger partial charge is 0.225 e. The molecule has 0 saturated heterocycles. The SMILES string of the molecule is CCCCCc1ccc(C2C=CCCC2)cc1S(N)(=O)=O. The van der Waals surface area contributed by atoms with Crippen molar-refractivity contribution in [2.45, 2.75) is 62.7 Å². The van der Waals surface area contributed by atoms with E-state index in [1.54, 1.807) is 6.07 Å². The molecule has 2 rings (SSSR count). The molecule has 0 spiro atoms. The molecule has 1 aliphatic rings. The second-order valence-corrected chi connectivity index (χ2v) is 7.36. The Morgan fingerprint density at radius 2 is 2.10 bits per heavy atom. The molecule has 1 atom stereocenters. The minimum atomic E-state index is -3.66. The van der Waals surface area contributed by atoms with Crippen LogP contribution in [0.25, 0.3) is 0 Å². The van der Waals surface area contributed by atoms with E-state index in [0.29, 0.717) is 10.8 Å². The van der Waals surface area contributed by atoms with E-state index in [-0.39, 0.29) is 0 Å². The number of hydrogen-bond donors (Lipinski definition) is 1. The number of nitrogens with two attached hydrogens (primary N) is 1. The van der Waals surface area contributed by atoms with Gasteiger partial charge in [-0.25, -0.2) is 13.6 Å². The van der Waals surface area contributed by atoms with Gasteiger partial charge in [-0.3, -0.25) is 0 Å². The predicted molar refractivity (Wildman–Crippen MR) is 86.8 cm³/mol. The number of sulfonamides is 1. The first-order chi connectivity index (χ1) is 10.0. The summed E-state index contributed by atoms with van der Waals surface area (Å²) < 4.78 is 23.8. The molecule has 1 unspecified atom stereocenters. The zero-order chi connectivity index (χ0) is 15.3. The van der Waals surface area contributed by atoms with Crippen LogP contribution in [0.15, 0.2) is 35.2 Å². The van der Waals surface area contributed by atoms with Crippen molar-refractivity contribution < 1.29 is 8.42 Å². The molecule has 0 fully saturated rings. The second kappa shape index (κ2) is 7.23. The summed E-state index contributed by atoms with van der Waals surface area (Å²) in [7, 11) is -3.66. The van der Waals surface area contributed by atoms with Crippen molar-refractivity contribution in [2.75, 3.05) is 0 Å². The highest BCUT2D eigenvalue weighted by molar-refractivity contribution is 7.89. The normalized spacial score (nSPS) is 18.9. The van der Waals surface area contributed by atoms with Crippen LogP contribution in [0.2, 0.25) is 0 Å². The van der Waals surface area contributed by atoms with E-state index in [4.69, 9.17) is 5.14 Å². The molecular weight excluding hydrogens is 282 g/mol. The topological polar surface area (TPSA) is 60.2 Å². The first kappa shape index (κ1) is 16.2. The predicted octanol–water partition coefficient (Wildman–Crippen LogP) is 3.89. The number of aryl methyl sites for hydroxylation is 1. The Labute approximate surface area is 128 Å². The van der Waals surface area contributed by atoms with Gasteiger partial charge in [0, 0.05) is 5.92 Å². The van der Waals surface area contributed by atoms with Gasteiger partial charge < -0.3 is 0 Å². The van der Waals surface area contributed by atoms with Gasteiger partial charge >= 0.3 is 0 Å². The first-order valence-corrected chi connectivity index (χ1v) is 9.39. The Morgan fingerprint density at radius 3 is 2.71 bits per heavy atom. The van der Waals surface area contributed by atoms with Crippen LogP contribution in [0.3, 0.4) is 0 Å². The summed E-state index contributed by atoms with van der Waals surface area (Å²) in [6.45, 7) is 2.14. The van der Waals surface area contributed by atoms with E-state index in [1.807, 2.05) is 6.07 Å². The molecular formula is C17H25NO2S. The van der Waals surface area contributed by atoms with E-state index in [1.165, 1.54) is 0 Å². The number of unbranched alkanes of at least 4 members (excludes halogenated alkanes) is 2. The van der Waals surface area contributed by atoms with Crippen LogP contribution >= 0.6 is 0 Å². The van der Waals surface area contributed by atoms with Crippen LogP contribution in [-0.4, -0.2) is 8.42 Å². The summed E-state index contributed by atoms with van der Waals surface area (Å²) in [5.74, 6) is 0.323. The van der Waals surface area contributed by atoms with Crippen molar-refractivity contribution in [3.05, 3.63) is 41.5 Å². The third-order valence-electron chi connectivity index (χ3n) is 4.13. The molecule has 0 heterocycles. The average Bonchev–Trinajstić information content (AvgIpc) is 2.47. The molecule has 116 valence electrons. The van der Waals surface area contributed by atoms with Crippen molar-refractivity contribution in [1.82, 2.24) is 0 Å². The standard InChI is InChI=1S/C17H25NO2S/c1-2-3-5-10-15-11-12-16(13-17(15)21(18,19)20)14-8-6-4-7-9-14/h6,8,11-14H,2-5,7,9-10H2,1H3,(H2,18,19,20). The lowest BCUT2D eigenvalue weighted by Gasteiger charge is -2.18. The lowest BCUT2D eigenvalue weighted by molar-refractivity contribution is 0.594. The third-order valence-corrected chi connectivity index (χ3v) is 5.12. The van der Waals surface area contributed by atoms with Crippen LogP contribution in [0.1, 0.15) is 62.5 Å². The Hall–Kier alpha value is -1.13. The maximum absolute atomic E-state index is 11.9. The summed E-state index contributed by atoms with van der Waals surface area (Å²) in [6, 6.07) is 5.81. The van der Waals surface area contributed by atoms with E-state index in [0.717, 1.165) is 56.1 Å². The molecule has 3 nitrogen and oxygen atoms in total. The van der Waals surface area contributed by atoms with Crippen LogP contribution in [0.4, 0.5) is 0 Å². The molecule has 0 aromatic heterocycles. The van der Waals surface area contributed by atoms with Crippen LogP contribution in [0, 0.1) is 0 Å². The van der Waals surface area contributed by atoms with Gasteiger partial charge in [-0.2, -0.15) is 0 Å². The van der Waals surface area contributed by atoms with Crippen molar-refractivity contribution in [2.24, 2.45) is 5.14 Å². The molecule has 0 bridgehead atoms. The highest BCUT2D eigenvalue weighted by atomic mass is 32.2. The average molecular weight is 307 g/mol. The fourth-order valence-corrected chi connectivity index (χ4v) is 3.76. The number of rotatable bonds is 6. The highest BCUT2D eigenvalue weighted by Gasteiger charge is 2.18. The zero-order valence-corrected chi connectivity index (χ0v) is 13.5. The highest BCUT2D eigenvalue weighted by Crippen LogP contribution is 2.30. The maximum atomic E-state index is 11.9. The third kappa shape index (κ3) is 4.42. The lowest BCUT2D eigenvalue weighted by Crippen LogP contribution is -2.15. The number of benzene rings is 1. The van der Waals surface area contributed by atoms with Gasteiger partial charge in [0.15, 0.2) is 0 Å². The van der Waals surface area contributed by atoms with E-state index in [9.17, 15) is 8.42 Å². The molecule has 21 heavy (non-hydrogen) atoms. The van der Waals surface area contributed by atoms with Gasteiger partial charge in [0.25, 0.3) is 0 Å². The van der Waals surface area contributed by atoms with Gasteiger partial charge in [0.1, 0.15) is 0 Å². The molecule has 2 N–H and O–H groups in total. The summed E-state index contributed by atoms with van der Waals surface area (Å²) in [5, 5.41) is 5.41. The molecule has 1 aromatic carbocycles. The lowest BCUT2D eigenvalue weighted by atomic mass is 9.88. The first-order valence-electron chi connectivity index (χ1n) is 7.84. The van der Waals surface area contributed by atoms with E-state index >= 15 is 0 Å². The Kier molecular flexibility index (Phi) is 5.59. The van der Waals surface area contributed by atoms with Gasteiger partial charge in [-0.1, -0.05) is 44.1 Å². The minimum Gasteiger partial charge on any atom is -0.225 e. The summed E-state index contributed by atoms with van der Waals surface area (Å²) in [5.41, 5.74) is 1.92. The van der Waals surface area contributed by atoms with Crippen LogP contribution in [-0.2, 0) is 16.4 Å². The van der Waals surface area contributed by atoms with Crippen molar-refractivity contribution >= 4 is 10.0 Å². The molecule has 4 heteroatoms. The molecule has 1 aliphatic carbocycles. The van der Waals surface area contributed by atoms with Crippen molar-refractivity contribution in [1.29, 1.82) is 0 Å². The summed E-state index contributed by atoms with van der Waals surface area (Å²) in [4.78, 5) is 0.315. The number of primary sulfonamides is 1. The molecule has 0 amide bonds. The summed E-state index contributed by atoms with van der Waals surface area (Å²) >= 11 is 0. The van der Waals surface area contributed by atoms with Crippen molar-refractivity contribution in [3.8, 4) is 0 Å². The Balaban J connectivity index is 2.30. The van der Waals surface area contributed by atoms with Gasteiger partial charge in [-0.15, -0.1) is 0 Å². The largest absolute Gasteiger partial charge is 0.238 e. The Bertz CT molecular complexity index is 605. The quantitative estimate of drug-likeness (QED) is 0.640. The summed E-state index contributed by atoms with van der Waals surface area (Å²) in [6.07, 6.45) is 11.7. The number of allylic oxidation sites excluding steroid dienone is 2. The molecule has 0 radical (unpaired) electrons. The monoisotopic (exact) mass is 307 g/mol. The van der Waals surface area contributed by atoms with Gasteiger partial charge in [0.05, 0.1) is 4.90 Å². The van der Waals surface area contributed by atoms with Gasteiger partial charge in [0.2, 0.25) is 10.0 Å². The van der Waals surface area contributed by atoms with Crippen LogP contribution < -0.4 is 5.14 Å². The number of hydrogen-bond acceptors (Lipinski definition) is 2. The molecule has 0 aliphatic heterocycles. The Morgan fingerprint density at radius 1 is 1.29 bits per heavy atom. The van der Waals surface area contributed by atoms with E-state index in [2.05, 4.69) is 25.1 Å². The minimum absolute atomic E-state index is 0.315. The maximum Gasteiger partial charge on any atom is 0.238 e. The van der Waals surface area contributed by atoms with Crippen LogP contribution in [0.5, 0.6) is 0 Å².